The number of hydrogen-bond donors (Lipinski definition) is 1. The lowest BCUT2D eigenvalue weighted by atomic mass is 10.00. The minimum absolute atomic E-state index is 0.242. The Kier molecular flexibility index (Phi) is 4.06. The molecule has 21 heavy (non-hydrogen) atoms. The van der Waals surface area contributed by atoms with Crippen LogP contribution in [-0.4, -0.2) is 28.5 Å². The Balaban J connectivity index is 1.75. The maximum Gasteiger partial charge on any atom is 0.146 e. The molecule has 0 aliphatic carbocycles. The summed E-state index contributed by atoms with van der Waals surface area (Å²) in [6.45, 7) is 4.37. The van der Waals surface area contributed by atoms with E-state index < -0.39 is 0 Å². The van der Waals surface area contributed by atoms with Gasteiger partial charge in [0.2, 0.25) is 0 Å². The Morgan fingerprint density at radius 3 is 3.19 bits per heavy atom. The van der Waals surface area contributed by atoms with Gasteiger partial charge in [0.15, 0.2) is 0 Å². The minimum Gasteiger partial charge on any atom is -0.497 e. The predicted molar refractivity (Wildman–Crippen MR) is 78.4 cm³/mol. The van der Waals surface area contributed by atoms with Gasteiger partial charge in [-0.3, -0.25) is 0 Å². The van der Waals surface area contributed by atoms with E-state index in [9.17, 15) is 0 Å². The van der Waals surface area contributed by atoms with Crippen LogP contribution in [0.5, 0.6) is 11.5 Å². The third-order valence-corrected chi connectivity index (χ3v) is 3.80. The average Bonchev–Trinajstić information content (AvgIpc) is 2.99. The Morgan fingerprint density at radius 2 is 2.38 bits per heavy atom. The molecular weight excluding hydrogens is 268 g/mol. The molecule has 1 unspecified atom stereocenters. The average molecular weight is 288 g/mol. The number of benzene rings is 1. The van der Waals surface area contributed by atoms with Crippen LogP contribution in [-0.2, 0) is 13.1 Å². The number of hydrogen-bond acceptors (Lipinski definition) is 5. The first kappa shape index (κ1) is 13.9. The molecule has 6 nitrogen and oxygen atoms in total. The van der Waals surface area contributed by atoms with Crippen LogP contribution in [0.4, 0.5) is 0 Å². The van der Waals surface area contributed by atoms with E-state index in [1.54, 1.807) is 13.4 Å². The molecule has 1 aromatic heterocycles. The molecule has 1 aliphatic heterocycles. The summed E-state index contributed by atoms with van der Waals surface area (Å²) >= 11 is 0. The van der Waals surface area contributed by atoms with Gasteiger partial charge >= 0.3 is 0 Å². The standard InChI is InChI=1S/C15H20N4O2/c1-3-19-10-17-18-15(19)9-16-13-6-7-21-14-5-4-11(20-2)8-12(13)14/h4-5,8,10,13,16H,3,6-7,9H2,1-2H3. The molecule has 2 aromatic rings. The van der Waals surface area contributed by atoms with Crippen LogP contribution in [0.1, 0.15) is 30.8 Å². The Labute approximate surface area is 124 Å². The molecule has 112 valence electrons. The largest absolute Gasteiger partial charge is 0.497 e. The highest BCUT2D eigenvalue weighted by molar-refractivity contribution is 5.43. The molecular formula is C15H20N4O2. The molecule has 0 radical (unpaired) electrons. The van der Waals surface area contributed by atoms with Crippen molar-refractivity contribution in [3.8, 4) is 11.5 Å². The van der Waals surface area contributed by atoms with E-state index in [4.69, 9.17) is 9.47 Å². The van der Waals surface area contributed by atoms with Gasteiger partial charge in [-0.15, -0.1) is 10.2 Å². The summed E-state index contributed by atoms with van der Waals surface area (Å²) in [4.78, 5) is 0. The molecule has 0 saturated heterocycles. The molecule has 3 rings (SSSR count). The molecule has 2 heterocycles. The summed E-state index contributed by atoms with van der Waals surface area (Å²) in [5.41, 5.74) is 1.14. The van der Waals surface area contributed by atoms with Crippen molar-refractivity contribution in [2.24, 2.45) is 0 Å². The maximum absolute atomic E-state index is 5.71. The van der Waals surface area contributed by atoms with Gasteiger partial charge in [-0.1, -0.05) is 0 Å². The zero-order valence-electron chi connectivity index (χ0n) is 12.4. The first-order valence-corrected chi connectivity index (χ1v) is 7.22. The van der Waals surface area contributed by atoms with Crippen molar-refractivity contribution < 1.29 is 9.47 Å². The third-order valence-electron chi connectivity index (χ3n) is 3.80. The van der Waals surface area contributed by atoms with Crippen molar-refractivity contribution in [3.05, 3.63) is 35.9 Å². The van der Waals surface area contributed by atoms with E-state index in [2.05, 4.69) is 22.4 Å². The lowest BCUT2D eigenvalue weighted by Gasteiger charge is -2.27. The normalized spacial score (nSPS) is 17.1. The number of aromatic nitrogens is 3. The first-order valence-electron chi connectivity index (χ1n) is 7.22. The summed E-state index contributed by atoms with van der Waals surface area (Å²) in [7, 11) is 1.68. The fourth-order valence-electron chi connectivity index (χ4n) is 2.61. The summed E-state index contributed by atoms with van der Waals surface area (Å²) < 4.78 is 13.1. The van der Waals surface area contributed by atoms with E-state index in [0.717, 1.165) is 42.5 Å². The molecule has 6 heteroatoms. The second kappa shape index (κ2) is 6.13. The molecule has 0 amide bonds. The van der Waals surface area contributed by atoms with Crippen LogP contribution in [0.25, 0.3) is 0 Å². The molecule has 1 atom stereocenters. The monoisotopic (exact) mass is 288 g/mol. The molecule has 1 N–H and O–H groups in total. The molecule has 1 aliphatic rings. The number of methoxy groups -OCH3 is 1. The van der Waals surface area contributed by atoms with Gasteiger partial charge in [-0.05, 0) is 25.1 Å². The van der Waals surface area contributed by atoms with Gasteiger partial charge in [-0.25, -0.2) is 0 Å². The highest BCUT2D eigenvalue weighted by Crippen LogP contribution is 2.34. The topological polar surface area (TPSA) is 61.2 Å². The van der Waals surface area contributed by atoms with E-state index in [1.807, 2.05) is 22.8 Å². The summed E-state index contributed by atoms with van der Waals surface area (Å²) in [6, 6.07) is 6.17. The predicted octanol–water partition coefficient (Wildman–Crippen LogP) is 1.92. The third kappa shape index (κ3) is 2.85. The number of ether oxygens (including phenoxy) is 2. The molecule has 1 aromatic carbocycles. The van der Waals surface area contributed by atoms with Crippen molar-refractivity contribution in [1.82, 2.24) is 20.1 Å². The van der Waals surface area contributed by atoms with Crippen molar-refractivity contribution >= 4 is 0 Å². The zero-order valence-corrected chi connectivity index (χ0v) is 12.4. The lowest BCUT2D eigenvalue weighted by Crippen LogP contribution is -2.27. The van der Waals surface area contributed by atoms with Gasteiger partial charge in [0.05, 0.1) is 20.3 Å². The second-order valence-electron chi connectivity index (χ2n) is 5.01. The van der Waals surface area contributed by atoms with Crippen LogP contribution in [0.3, 0.4) is 0 Å². The van der Waals surface area contributed by atoms with Gasteiger partial charge in [0, 0.05) is 24.6 Å². The van der Waals surface area contributed by atoms with Crippen LogP contribution in [0.2, 0.25) is 0 Å². The Hall–Kier alpha value is -2.08. The molecule has 0 spiro atoms. The first-order chi connectivity index (χ1) is 10.3. The van der Waals surface area contributed by atoms with E-state index >= 15 is 0 Å². The fourth-order valence-corrected chi connectivity index (χ4v) is 2.61. The minimum atomic E-state index is 0.242. The van der Waals surface area contributed by atoms with Gasteiger partial charge in [-0.2, -0.15) is 0 Å². The van der Waals surface area contributed by atoms with Crippen LogP contribution < -0.4 is 14.8 Å². The highest BCUT2D eigenvalue weighted by Gasteiger charge is 2.22. The number of nitrogens with zero attached hydrogens (tertiary/aromatic N) is 3. The van der Waals surface area contributed by atoms with Crippen molar-refractivity contribution in [1.29, 1.82) is 0 Å². The summed E-state index contributed by atoms with van der Waals surface area (Å²) in [5, 5.41) is 11.7. The smallest absolute Gasteiger partial charge is 0.146 e. The highest BCUT2D eigenvalue weighted by atomic mass is 16.5. The second-order valence-corrected chi connectivity index (χ2v) is 5.01. The lowest BCUT2D eigenvalue weighted by molar-refractivity contribution is 0.250. The van der Waals surface area contributed by atoms with Crippen molar-refractivity contribution in [2.75, 3.05) is 13.7 Å². The Morgan fingerprint density at radius 1 is 1.48 bits per heavy atom. The van der Waals surface area contributed by atoms with E-state index in [1.165, 1.54) is 0 Å². The zero-order chi connectivity index (χ0) is 14.7. The van der Waals surface area contributed by atoms with Gasteiger partial charge in [0.1, 0.15) is 23.7 Å². The Bertz CT molecular complexity index is 611. The van der Waals surface area contributed by atoms with Gasteiger partial charge < -0.3 is 19.4 Å². The fraction of sp³-hybridized carbons (Fsp3) is 0.467. The molecule has 0 saturated carbocycles. The van der Waals surface area contributed by atoms with Crippen LogP contribution >= 0.6 is 0 Å². The van der Waals surface area contributed by atoms with E-state index in [0.29, 0.717) is 6.54 Å². The van der Waals surface area contributed by atoms with E-state index in [-0.39, 0.29) is 6.04 Å². The number of rotatable bonds is 5. The van der Waals surface area contributed by atoms with Crippen LogP contribution in [0, 0.1) is 0 Å². The summed E-state index contributed by atoms with van der Waals surface area (Å²) in [5.74, 6) is 2.73. The van der Waals surface area contributed by atoms with Crippen molar-refractivity contribution in [2.45, 2.75) is 32.5 Å². The number of fused-ring (bicyclic) bond motifs is 1. The quantitative estimate of drug-likeness (QED) is 0.911. The summed E-state index contributed by atoms with van der Waals surface area (Å²) in [6.07, 6.45) is 2.69. The van der Waals surface area contributed by atoms with Crippen molar-refractivity contribution in [3.63, 3.8) is 0 Å². The number of aryl methyl sites for hydroxylation is 1. The van der Waals surface area contributed by atoms with Crippen LogP contribution in [0.15, 0.2) is 24.5 Å². The maximum atomic E-state index is 5.71. The van der Waals surface area contributed by atoms with Gasteiger partial charge in [0.25, 0.3) is 0 Å². The molecule has 0 bridgehead atoms. The number of nitrogens with one attached hydrogen (secondary N) is 1. The molecule has 0 fully saturated rings. The SMILES string of the molecule is CCn1cnnc1CNC1CCOc2ccc(OC)cc21.